The molecule has 0 aromatic heterocycles. The molecule has 104 valence electrons. The number of amides is 2. The molecule has 2 fully saturated rings. The first-order valence-electron chi connectivity index (χ1n) is 7.35. The molecular weight excluding hydrogens is 228 g/mol. The van der Waals surface area contributed by atoms with Crippen LogP contribution in [0.4, 0.5) is 4.79 Å². The van der Waals surface area contributed by atoms with Gasteiger partial charge in [-0.05, 0) is 31.6 Å². The predicted molar refractivity (Wildman–Crippen MR) is 71.5 cm³/mol. The quantitative estimate of drug-likeness (QED) is 0.839. The van der Waals surface area contributed by atoms with Crippen molar-refractivity contribution >= 4 is 6.03 Å². The van der Waals surface area contributed by atoms with Gasteiger partial charge in [0, 0.05) is 32.2 Å². The lowest BCUT2D eigenvalue weighted by molar-refractivity contribution is 0.0870. The standard InChI is InChI=1S/C14H26N2O2/c1-3-13-12(6-8-18-13)9-15-14(17)16-7-4-5-11(2)10-16/h11-13H,3-10H2,1-2H3,(H,15,17). The first-order chi connectivity index (χ1) is 8.70. The van der Waals surface area contributed by atoms with E-state index in [4.69, 9.17) is 4.74 Å². The Labute approximate surface area is 110 Å². The van der Waals surface area contributed by atoms with Crippen LogP contribution in [0, 0.1) is 11.8 Å². The third-order valence-corrected chi connectivity index (χ3v) is 4.21. The normalized spacial score (nSPS) is 32.6. The van der Waals surface area contributed by atoms with Gasteiger partial charge >= 0.3 is 6.03 Å². The second-order valence-electron chi connectivity index (χ2n) is 5.75. The molecule has 1 N–H and O–H groups in total. The molecule has 3 atom stereocenters. The number of rotatable bonds is 3. The third-order valence-electron chi connectivity index (χ3n) is 4.21. The SMILES string of the molecule is CCC1OCCC1CNC(=O)N1CCCC(C)C1. The Morgan fingerprint density at radius 1 is 1.44 bits per heavy atom. The molecule has 2 rings (SSSR count). The summed E-state index contributed by atoms with van der Waals surface area (Å²) in [5.41, 5.74) is 0. The van der Waals surface area contributed by atoms with Gasteiger partial charge in [-0.1, -0.05) is 13.8 Å². The van der Waals surface area contributed by atoms with Crippen LogP contribution in [0.5, 0.6) is 0 Å². The van der Waals surface area contributed by atoms with Crippen LogP contribution in [0.15, 0.2) is 0 Å². The van der Waals surface area contributed by atoms with Crippen LogP contribution >= 0.6 is 0 Å². The molecule has 0 aliphatic carbocycles. The Balaban J connectivity index is 1.74. The summed E-state index contributed by atoms with van der Waals surface area (Å²) in [5.74, 6) is 1.14. The highest BCUT2D eigenvalue weighted by atomic mass is 16.5. The Morgan fingerprint density at radius 2 is 2.28 bits per heavy atom. The van der Waals surface area contributed by atoms with Gasteiger partial charge < -0.3 is 15.0 Å². The molecule has 18 heavy (non-hydrogen) atoms. The van der Waals surface area contributed by atoms with Crippen LogP contribution in [0.3, 0.4) is 0 Å². The maximum Gasteiger partial charge on any atom is 0.317 e. The van der Waals surface area contributed by atoms with E-state index in [0.29, 0.717) is 17.9 Å². The Bertz CT molecular complexity index is 283. The van der Waals surface area contributed by atoms with Gasteiger partial charge in [-0.25, -0.2) is 4.79 Å². The summed E-state index contributed by atoms with van der Waals surface area (Å²) in [4.78, 5) is 14.0. The summed E-state index contributed by atoms with van der Waals surface area (Å²) in [6.45, 7) is 7.80. The lowest BCUT2D eigenvalue weighted by Crippen LogP contribution is -2.46. The van der Waals surface area contributed by atoms with Crippen molar-refractivity contribution in [3.8, 4) is 0 Å². The average Bonchev–Trinajstić information content (AvgIpc) is 2.83. The van der Waals surface area contributed by atoms with E-state index in [1.165, 1.54) is 6.42 Å². The molecule has 2 heterocycles. The highest BCUT2D eigenvalue weighted by Crippen LogP contribution is 2.22. The highest BCUT2D eigenvalue weighted by molar-refractivity contribution is 5.74. The zero-order valence-electron chi connectivity index (χ0n) is 11.7. The number of hydrogen-bond acceptors (Lipinski definition) is 2. The Morgan fingerprint density at radius 3 is 3.00 bits per heavy atom. The largest absolute Gasteiger partial charge is 0.378 e. The molecule has 4 nitrogen and oxygen atoms in total. The minimum Gasteiger partial charge on any atom is -0.378 e. The number of piperidine rings is 1. The summed E-state index contributed by atoms with van der Waals surface area (Å²) < 4.78 is 5.64. The molecule has 0 aromatic rings. The van der Waals surface area contributed by atoms with Crippen LogP contribution < -0.4 is 5.32 Å². The number of urea groups is 1. The van der Waals surface area contributed by atoms with E-state index in [1.54, 1.807) is 0 Å². The van der Waals surface area contributed by atoms with Crippen molar-refractivity contribution in [3.63, 3.8) is 0 Å². The molecule has 3 unspecified atom stereocenters. The summed E-state index contributed by atoms with van der Waals surface area (Å²) in [7, 11) is 0. The van der Waals surface area contributed by atoms with Gasteiger partial charge in [0.1, 0.15) is 0 Å². The molecule has 0 bridgehead atoms. The number of carbonyl (C=O) groups is 1. The van der Waals surface area contributed by atoms with Gasteiger partial charge in [-0.3, -0.25) is 0 Å². The maximum atomic E-state index is 12.1. The number of nitrogens with zero attached hydrogens (tertiary/aromatic N) is 1. The van der Waals surface area contributed by atoms with Gasteiger partial charge in [0.15, 0.2) is 0 Å². The zero-order chi connectivity index (χ0) is 13.0. The van der Waals surface area contributed by atoms with Crippen LogP contribution in [0.1, 0.15) is 39.5 Å². The van der Waals surface area contributed by atoms with Crippen LogP contribution in [-0.2, 0) is 4.74 Å². The lowest BCUT2D eigenvalue weighted by atomic mass is 9.99. The molecule has 2 saturated heterocycles. The fourth-order valence-corrected chi connectivity index (χ4v) is 3.08. The average molecular weight is 254 g/mol. The van der Waals surface area contributed by atoms with E-state index in [2.05, 4.69) is 19.2 Å². The maximum absolute atomic E-state index is 12.1. The Kier molecular flexibility index (Phi) is 4.87. The monoisotopic (exact) mass is 254 g/mol. The first-order valence-corrected chi connectivity index (χ1v) is 7.35. The van der Waals surface area contributed by atoms with E-state index in [0.717, 1.165) is 45.5 Å². The molecule has 0 spiro atoms. The zero-order valence-corrected chi connectivity index (χ0v) is 11.7. The predicted octanol–water partition coefficient (Wildman–Crippen LogP) is 2.24. The molecule has 2 aliphatic heterocycles. The smallest absolute Gasteiger partial charge is 0.317 e. The van der Waals surface area contributed by atoms with Crippen LogP contribution in [0.25, 0.3) is 0 Å². The molecule has 4 heteroatoms. The summed E-state index contributed by atoms with van der Waals surface area (Å²) in [6.07, 6.45) is 4.85. The molecule has 2 amide bonds. The number of likely N-dealkylation sites (tertiary alicyclic amines) is 1. The van der Waals surface area contributed by atoms with Crippen molar-refractivity contribution in [2.45, 2.75) is 45.6 Å². The highest BCUT2D eigenvalue weighted by Gasteiger charge is 2.28. The van der Waals surface area contributed by atoms with E-state index in [-0.39, 0.29) is 6.03 Å². The topological polar surface area (TPSA) is 41.6 Å². The summed E-state index contributed by atoms with van der Waals surface area (Å²) in [5, 5.41) is 3.09. The van der Waals surface area contributed by atoms with E-state index in [9.17, 15) is 4.79 Å². The molecule has 0 aromatic carbocycles. The number of carbonyl (C=O) groups excluding carboxylic acids is 1. The fourth-order valence-electron chi connectivity index (χ4n) is 3.08. The van der Waals surface area contributed by atoms with Crippen molar-refractivity contribution in [2.75, 3.05) is 26.2 Å². The summed E-state index contributed by atoms with van der Waals surface area (Å²) >= 11 is 0. The van der Waals surface area contributed by atoms with Gasteiger partial charge in [-0.2, -0.15) is 0 Å². The van der Waals surface area contributed by atoms with Crippen LogP contribution in [-0.4, -0.2) is 43.3 Å². The van der Waals surface area contributed by atoms with Gasteiger partial charge in [0.2, 0.25) is 0 Å². The van der Waals surface area contributed by atoms with Crippen molar-refractivity contribution in [2.24, 2.45) is 11.8 Å². The van der Waals surface area contributed by atoms with E-state index >= 15 is 0 Å². The third kappa shape index (κ3) is 3.37. The lowest BCUT2D eigenvalue weighted by Gasteiger charge is -2.31. The van der Waals surface area contributed by atoms with Crippen molar-refractivity contribution in [3.05, 3.63) is 0 Å². The van der Waals surface area contributed by atoms with Crippen LogP contribution in [0.2, 0.25) is 0 Å². The molecule has 0 saturated carbocycles. The minimum absolute atomic E-state index is 0.114. The first kappa shape index (κ1) is 13.7. The fraction of sp³-hybridized carbons (Fsp3) is 0.929. The second kappa shape index (κ2) is 6.41. The van der Waals surface area contributed by atoms with Crippen molar-refractivity contribution < 1.29 is 9.53 Å². The number of nitrogens with one attached hydrogen (secondary N) is 1. The second-order valence-corrected chi connectivity index (χ2v) is 5.75. The molecular formula is C14H26N2O2. The van der Waals surface area contributed by atoms with Gasteiger partial charge in [0.25, 0.3) is 0 Å². The molecule has 0 radical (unpaired) electrons. The summed E-state index contributed by atoms with van der Waals surface area (Å²) in [6, 6.07) is 0.114. The van der Waals surface area contributed by atoms with E-state index in [1.807, 2.05) is 4.90 Å². The van der Waals surface area contributed by atoms with E-state index < -0.39 is 0 Å². The molecule has 2 aliphatic rings. The van der Waals surface area contributed by atoms with Gasteiger partial charge in [0.05, 0.1) is 6.10 Å². The van der Waals surface area contributed by atoms with Crippen molar-refractivity contribution in [1.29, 1.82) is 0 Å². The Hall–Kier alpha value is -0.770. The minimum atomic E-state index is 0.114. The van der Waals surface area contributed by atoms with Gasteiger partial charge in [-0.15, -0.1) is 0 Å². The number of ether oxygens (including phenoxy) is 1. The number of hydrogen-bond donors (Lipinski definition) is 1. The van der Waals surface area contributed by atoms with Crippen molar-refractivity contribution in [1.82, 2.24) is 10.2 Å².